The number of halogens is 1. The molecule has 19 heavy (non-hydrogen) atoms. The van der Waals surface area contributed by atoms with Crippen molar-refractivity contribution in [2.75, 3.05) is 12.4 Å². The Labute approximate surface area is 108 Å². The summed E-state index contributed by atoms with van der Waals surface area (Å²) >= 11 is 0. The zero-order chi connectivity index (χ0) is 14.0. The fourth-order valence-electron chi connectivity index (χ4n) is 1.87. The number of aromatic nitrogens is 2. The van der Waals surface area contributed by atoms with Gasteiger partial charge in [0.25, 0.3) is 0 Å². The first-order chi connectivity index (χ1) is 9.01. The van der Waals surface area contributed by atoms with Gasteiger partial charge in [-0.1, -0.05) is 0 Å². The predicted octanol–water partition coefficient (Wildman–Crippen LogP) is 1.26. The lowest BCUT2D eigenvalue weighted by Crippen LogP contribution is -2.29. The first kappa shape index (κ1) is 13.5. The molecule has 1 saturated heterocycles. The molecule has 7 nitrogen and oxygen atoms in total. The van der Waals surface area contributed by atoms with Gasteiger partial charge in [-0.2, -0.15) is 4.98 Å². The minimum Gasteiger partial charge on any atom is -0.453 e. The standard InChI is InChI=1S/C11H14FN3O4/c1-6-3-4-8(19-6)15-5-7(12)9(13-10(15)16)14-11(17)18-2/h5-6,8H,3-4H2,1-2H3,(H,13,14,16,17). The van der Waals surface area contributed by atoms with Crippen LogP contribution in [-0.4, -0.2) is 28.9 Å². The molecule has 1 aliphatic heterocycles. The molecule has 0 saturated carbocycles. The molecule has 1 amide bonds. The fraction of sp³-hybridized carbons (Fsp3) is 0.545. The number of ether oxygens (including phenoxy) is 2. The van der Waals surface area contributed by atoms with Crippen LogP contribution in [0.5, 0.6) is 0 Å². The summed E-state index contributed by atoms with van der Waals surface area (Å²) < 4.78 is 24.6. The van der Waals surface area contributed by atoms with Crippen molar-refractivity contribution in [3.63, 3.8) is 0 Å². The summed E-state index contributed by atoms with van der Waals surface area (Å²) in [4.78, 5) is 26.2. The molecule has 104 valence electrons. The second kappa shape index (κ2) is 5.35. The quantitative estimate of drug-likeness (QED) is 0.875. The molecule has 8 heteroatoms. The SMILES string of the molecule is COC(=O)Nc1nc(=O)n(C2CCC(C)O2)cc1F. The lowest BCUT2D eigenvalue weighted by atomic mass is 10.2. The number of nitrogens with zero attached hydrogens (tertiary/aromatic N) is 2. The molecule has 1 aliphatic rings. The molecule has 0 spiro atoms. The van der Waals surface area contributed by atoms with Crippen LogP contribution >= 0.6 is 0 Å². The summed E-state index contributed by atoms with van der Waals surface area (Å²) in [6.45, 7) is 1.88. The van der Waals surface area contributed by atoms with Gasteiger partial charge in [0.15, 0.2) is 11.6 Å². The highest BCUT2D eigenvalue weighted by Crippen LogP contribution is 2.26. The molecule has 2 rings (SSSR count). The van der Waals surface area contributed by atoms with Crippen LogP contribution in [0, 0.1) is 5.82 Å². The molecular weight excluding hydrogens is 257 g/mol. The molecule has 1 fully saturated rings. The van der Waals surface area contributed by atoms with Gasteiger partial charge in [0.1, 0.15) is 6.23 Å². The number of carbonyl (C=O) groups excluding carboxylic acids is 1. The number of anilines is 1. The molecule has 0 radical (unpaired) electrons. The van der Waals surface area contributed by atoms with E-state index in [1.807, 2.05) is 12.2 Å². The maximum Gasteiger partial charge on any atom is 0.412 e. The van der Waals surface area contributed by atoms with E-state index < -0.39 is 29.6 Å². The van der Waals surface area contributed by atoms with Crippen molar-refractivity contribution in [2.45, 2.75) is 32.1 Å². The summed E-state index contributed by atoms with van der Waals surface area (Å²) in [7, 11) is 1.13. The molecule has 2 atom stereocenters. The maximum atomic E-state index is 13.7. The molecule has 1 aromatic heterocycles. The smallest absolute Gasteiger partial charge is 0.412 e. The van der Waals surface area contributed by atoms with Gasteiger partial charge in [0, 0.05) is 0 Å². The number of nitrogens with one attached hydrogen (secondary N) is 1. The van der Waals surface area contributed by atoms with Crippen LogP contribution in [0.15, 0.2) is 11.0 Å². The second-order valence-corrected chi connectivity index (χ2v) is 4.22. The summed E-state index contributed by atoms with van der Waals surface area (Å²) in [5.41, 5.74) is -0.688. The average molecular weight is 271 g/mol. The van der Waals surface area contributed by atoms with Crippen LogP contribution in [0.1, 0.15) is 26.0 Å². The van der Waals surface area contributed by atoms with Crippen molar-refractivity contribution in [2.24, 2.45) is 0 Å². The Hall–Kier alpha value is -1.96. The van der Waals surface area contributed by atoms with Crippen LogP contribution in [0.25, 0.3) is 0 Å². The van der Waals surface area contributed by atoms with E-state index in [-0.39, 0.29) is 6.10 Å². The largest absolute Gasteiger partial charge is 0.453 e. The Balaban J connectivity index is 2.26. The molecule has 2 unspecified atom stereocenters. The van der Waals surface area contributed by atoms with Crippen molar-refractivity contribution in [1.29, 1.82) is 0 Å². The van der Waals surface area contributed by atoms with Crippen LogP contribution in [0.3, 0.4) is 0 Å². The predicted molar refractivity (Wildman–Crippen MR) is 63.3 cm³/mol. The molecule has 0 bridgehead atoms. The van der Waals surface area contributed by atoms with E-state index in [1.165, 1.54) is 0 Å². The molecule has 1 N–H and O–H groups in total. The number of rotatable bonds is 2. The van der Waals surface area contributed by atoms with E-state index in [1.54, 1.807) is 0 Å². The highest BCUT2D eigenvalue weighted by molar-refractivity contribution is 5.83. The van der Waals surface area contributed by atoms with Gasteiger partial charge < -0.3 is 9.47 Å². The Bertz CT molecular complexity index is 545. The minimum atomic E-state index is -0.894. The van der Waals surface area contributed by atoms with Crippen molar-refractivity contribution in [1.82, 2.24) is 9.55 Å². The number of methoxy groups -OCH3 is 1. The Morgan fingerprint density at radius 3 is 2.95 bits per heavy atom. The normalized spacial score (nSPS) is 22.3. The lowest BCUT2D eigenvalue weighted by Gasteiger charge is -2.14. The Kier molecular flexibility index (Phi) is 3.79. The van der Waals surface area contributed by atoms with E-state index in [4.69, 9.17) is 4.74 Å². The maximum absolute atomic E-state index is 13.7. The Morgan fingerprint density at radius 2 is 2.37 bits per heavy atom. The zero-order valence-electron chi connectivity index (χ0n) is 10.6. The van der Waals surface area contributed by atoms with Crippen molar-refractivity contribution >= 4 is 11.9 Å². The van der Waals surface area contributed by atoms with Crippen LogP contribution in [0.2, 0.25) is 0 Å². The van der Waals surface area contributed by atoms with E-state index >= 15 is 0 Å². The van der Waals surface area contributed by atoms with Gasteiger partial charge in [-0.25, -0.2) is 14.0 Å². The minimum absolute atomic E-state index is 0.0211. The first-order valence-corrected chi connectivity index (χ1v) is 5.80. The number of hydrogen-bond acceptors (Lipinski definition) is 5. The van der Waals surface area contributed by atoms with E-state index in [9.17, 15) is 14.0 Å². The Morgan fingerprint density at radius 1 is 1.63 bits per heavy atom. The van der Waals surface area contributed by atoms with Crippen LogP contribution < -0.4 is 11.0 Å². The number of carbonyl (C=O) groups is 1. The molecule has 0 aliphatic carbocycles. The van der Waals surface area contributed by atoms with Gasteiger partial charge in [0.05, 0.1) is 19.4 Å². The van der Waals surface area contributed by atoms with Crippen molar-refractivity contribution in [3.8, 4) is 0 Å². The van der Waals surface area contributed by atoms with Gasteiger partial charge in [-0.05, 0) is 19.8 Å². The fourth-order valence-corrected chi connectivity index (χ4v) is 1.87. The third kappa shape index (κ3) is 2.90. The monoisotopic (exact) mass is 271 g/mol. The lowest BCUT2D eigenvalue weighted by molar-refractivity contribution is 0.00746. The van der Waals surface area contributed by atoms with E-state index in [0.29, 0.717) is 6.42 Å². The van der Waals surface area contributed by atoms with Crippen LogP contribution in [-0.2, 0) is 9.47 Å². The molecular formula is C11H14FN3O4. The first-order valence-electron chi connectivity index (χ1n) is 5.80. The summed E-state index contributed by atoms with van der Waals surface area (Å²) in [5.74, 6) is -1.28. The molecule has 0 aromatic carbocycles. The van der Waals surface area contributed by atoms with Gasteiger partial charge in [-0.3, -0.25) is 9.88 Å². The van der Waals surface area contributed by atoms with Crippen molar-refractivity contribution < 1.29 is 18.7 Å². The van der Waals surface area contributed by atoms with Crippen molar-refractivity contribution in [3.05, 3.63) is 22.5 Å². The number of amides is 1. The summed E-state index contributed by atoms with van der Waals surface area (Å²) in [6, 6.07) is 0. The average Bonchev–Trinajstić information content (AvgIpc) is 2.79. The summed E-state index contributed by atoms with van der Waals surface area (Å²) in [5, 5.41) is 2.03. The molecule has 1 aromatic rings. The van der Waals surface area contributed by atoms with E-state index in [0.717, 1.165) is 24.3 Å². The second-order valence-electron chi connectivity index (χ2n) is 4.22. The highest BCUT2D eigenvalue weighted by Gasteiger charge is 2.25. The zero-order valence-corrected chi connectivity index (χ0v) is 10.6. The van der Waals surface area contributed by atoms with E-state index in [2.05, 4.69) is 9.72 Å². The van der Waals surface area contributed by atoms with Gasteiger partial charge >= 0.3 is 11.8 Å². The topological polar surface area (TPSA) is 82.5 Å². The third-order valence-corrected chi connectivity index (χ3v) is 2.83. The van der Waals surface area contributed by atoms with Gasteiger partial charge in [-0.15, -0.1) is 0 Å². The van der Waals surface area contributed by atoms with Gasteiger partial charge in [0.2, 0.25) is 0 Å². The van der Waals surface area contributed by atoms with Crippen LogP contribution in [0.4, 0.5) is 15.0 Å². The summed E-state index contributed by atoms with van der Waals surface area (Å²) in [6.07, 6.45) is 0.995. The molecule has 2 heterocycles. The number of hydrogen-bond donors (Lipinski definition) is 1. The third-order valence-electron chi connectivity index (χ3n) is 2.83. The highest BCUT2D eigenvalue weighted by atomic mass is 19.1.